The summed E-state index contributed by atoms with van der Waals surface area (Å²) in [6, 6.07) is 20.9. The van der Waals surface area contributed by atoms with Gasteiger partial charge in [-0.1, -0.05) is 35.9 Å². The molecule has 152 valence electrons. The average Bonchev–Trinajstić information content (AvgIpc) is 3.25. The number of fused-ring (bicyclic) bond motifs is 2. The molecule has 31 heavy (non-hydrogen) atoms. The van der Waals surface area contributed by atoms with Gasteiger partial charge in [-0.15, -0.1) is 11.3 Å². The predicted octanol–water partition coefficient (Wildman–Crippen LogP) is 6.08. The number of halogens is 1. The highest BCUT2D eigenvalue weighted by molar-refractivity contribution is 7.17. The zero-order chi connectivity index (χ0) is 21.4. The Balaban J connectivity index is 1.48. The lowest BCUT2D eigenvalue weighted by Gasteiger charge is -2.13. The van der Waals surface area contributed by atoms with Crippen LogP contribution in [0.2, 0.25) is 5.02 Å². The SMILES string of the molecule is Nc1nc(C(=O)Nc2cccc3c(Nc4ccc(Cl)cc4)cccc23)nc2ccsc12. The number of amides is 1. The molecule has 5 rings (SSSR count). The molecule has 0 fully saturated rings. The van der Waals surface area contributed by atoms with Crippen LogP contribution in [0.5, 0.6) is 0 Å². The van der Waals surface area contributed by atoms with Gasteiger partial charge in [0.05, 0.1) is 10.2 Å². The first-order valence-corrected chi connectivity index (χ1v) is 10.7. The van der Waals surface area contributed by atoms with Crippen molar-refractivity contribution in [1.29, 1.82) is 0 Å². The molecule has 5 aromatic rings. The molecule has 2 aromatic heterocycles. The van der Waals surface area contributed by atoms with Gasteiger partial charge < -0.3 is 16.4 Å². The number of hydrogen-bond acceptors (Lipinski definition) is 6. The lowest BCUT2D eigenvalue weighted by Crippen LogP contribution is -2.16. The Morgan fingerprint density at radius 3 is 2.39 bits per heavy atom. The summed E-state index contributed by atoms with van der Waals surface area (Å²) in [4.78, 5) is 21.4. The van der Waals surface area contributed by atoms with Gasteiger partial charge in [-0.25, -0.2) is 9.97 Å². The molecule has 0 bridgehead atoms. The van der Waals surface area contributed by atoms with Crippen molar-refractivity contribution in [2.45, 2.75) is 0 Å². The summed E-state index contributed by atoms with van der Waals surface area (Å²) in [6.45, 7) is 0. The molecule has 0 spiro atoms. The topological polar surface area (TPSA) is 92.9 Å². The van der Waals surface area contributed by atoms with Crippen LogP contribution >= 0.6 is 22.9 Å². The van der Waals surface area contributed by atoms with Gasteiger partial charge in [0.1, 0.15) is 5.82 Å². The number of carbonyl (C=O) groups is 1. The average molecular weight is 446 g/mol. The number of nitrogen functional groups attached to an aromatic ring is 1. The first-order chi connectivity index (χ1) is 15.1. The third-order valence-electron chi connectivity index (χ3n) is 4.83. The van der Waals surface area contributed by atoms with E-state index in [2.05, 4.69) is 20.6 Å². The summed E-state index contributed by atoms with van der Waals surface area (Å²) in [5, 5.41) is 10.7. The zero-order valence-electron chi connectivity index (χ0n) is 16.1. The van der Waals surface area contributed by atoms with Crippen LogP contribution < -0.4 is 16.4 Å². The lowest BCUT2D eigenvalue weighted by atomic mass is 10.1. The largest absolute Gasteiger partial charge is 0.382 e. The number of thiophene rings is 1. The summed E-state index contributed by atoms with van der Waals surface area (Å²) < 4.78 is 0.777. The highest BCUT2D eigenvalue weighted by Crippen LogP contribution is 2.32. The van der Waals surface area contributed by atoms with Crippen molar-refractivity contribution >= 4 is 72.7 Å². The van der Waals surface area contributed by atoms with Crippen LogP contribution in [0.4, 0.5) is 22.9 Å². The molecule has 0 radical (unpaired) electrons. The Morgan fingerprint density at radius 1 is 0.903 bits per heavy atom. The van der Waals surface area contributed by atoms with Crippen LogP contribution in [-0.2, 0) is 0 Å². The molecular weight excluding hydrogens is 430 g/mol. The van der Waals surface area contributed by atoms with Crippen molar-refractivity contribution in [2.75, 3.05) is 16.4 Å². The summed E-state index contributed by atoms with van der Waals surface area (Å²) >= 11 is 7.43. The van der Waals surface area contributed by atoms with E-state index in [1.165, 1.54) is 11.3 Å². The Hall–Kier alpha value is -3.68. The van der Waals surface area contributed by atoms with Crippen LogP contribution in [0.3, 0.4) is 0 Å². The molecule has 0 atom stereocenters. The molecule has 0 aliphatic carbocycles. The first-order valence-electron chi connectivity index (χ1n) is 9.45. The number of anilines is 4. The van der Waals surface area contributed by atoms with Gasteiger partial charge in [0.15, 0.2) is 0 Å². The third-order valence-corrected chi connectivity index (χ3v) is 6.00. The van der Waals surface area contributed by atoms with Gasteiger partial charge in [0.25, 0.3) is 5.91 Å². The van der Waals surface area contributed by atoms with E-state index in [0.717, 1.165) is 26.8 Å². The van der Waals surface area contributed by atoms with E-state index >= 15 is 0 Å². The molecule has 0 unspecified atom stereocenters. The fourth-order valence-corrected chi connectivity index (χ4v) is 4.24. The van der Waals surface area contributed by atoms with Crippen molar-refractivity contribution in [2.24, 2.45) is 0 Å². The minimum Gasteiger partial charge on any atom is -0.382 e. The van der Waals surface area contributed by atoms with Crippen LogP contribution in [0.25, 0.3) is 21.0 Å². The predicted molar refractivity (Wildman–Crippen MR) is 128 cm³/mol. The molecule has 6 nitrogen and oxygen atoms in total. The zero-order valence-corrected chi connectivity index (χ0v) is 17.7. The highest BCUT2D eigenvalue weighted by Gasteiger charge is 2.15. The number of nitrogens with one attached hydrogen (secondary N) is 2. The van der Waals surface area contributed by atoms with E-state index in [1.807, 2.05) is 72.1 Å². The second kappa shape index (κ2) is 7.86. The van der Waals surface area contributed by atoms with Crippen LogP contribution in [-0.4, -0.2) is 15.9 Å². The second-order valence-corrected chi connectivity index (χ2v) is 8.21. The van der Waals surface area contributed by atoms with Crippen molar-refractivity contribution in [1.82, 2.24) is 9.97 Å². The number of aromatic nitrogens is 2. The molecule has 0 saturated carbocycles. The number of nitrogens with two attached hydrogens (primary N) is 1. The summed E-state index contributed by atoms with van der Waals surface area (Å²) in [7, 11) is 0. The lowest BCUT2D eigenvalue weighted by molar-refractivity contribution is 0.101. The van der Waals surface area contributed by atoms with Gasteiger partial charge in [0.2, 0.25) is 5.82 Å². The minimum atomic E-state index is -0.414. The van der Waals surface area contributed by atoms with Crippen LogP contribution in [0.1, 0.15) is 10.6 Å². The standard InChI is InChI=1S/C23H16ClN5OS/c24-13-7-9-14(10-8-13)26-17-5-1-4-16-15(17)3-2-6-18(16)28-23(30)22-27-19-11-12-31-20(19)21(25)29-22/h1-12,26H,(H,28,30)(H2,25,27,29). The monoisotopic (exact) mass is 445 g/mol. The number of hydrogen-bond donors (Lipinski definition) is 3. The van der Waals surface area contributed by atoms with Crippen molar-refractivity contribution < 1.29 is 4.79 Å². The molecule has 2 heterocycles. The molecule has 4 N–H and O–H groups in total. The maximum absolute atomic E-state index is 12.9. The van der Waals surface area contributed by atoms with E-state index in [9.17, 15) is 4.79 Å². The normalized spacial score (nSPS) is 11.0. The smallest absolute Gasteiger partial charge is 0.293 e. The van der Waals surface area contributed by atoms with Crippen LogP contribution in [0, 0.1) is 0 Å². The summed E-state index contributed by atoms with van der Waals surface area (Å²) in [5.74, 6) is -0.0725. The molecule has 3 aromatic carbocycles. The molecule has 0 aliphatic rings. The highest BCUT2D eigenvalue weighted by atomic mass is 35.5. The molecular formula is C23H16ClN5OS. The van der Waals surface area contributed by atoms with Crippen molar-refractivity contribution in [3.63, 3.8) is 0 Å². The van der Waals surface area contributed by atoms with E-state index in [0.29, 0.717) is 22.0 Å². The Kier molecular flexibility index (Phi) is 4.89. The minimum absolute atomic E-state index is 0.0378. The molecule has 1 amide bonds. The van der Waals surface area contributed by atoms with E-state index in [1.54, 1.807) is 0 Å². The van der Waals surface area contributed by atoms with E-state index in [-0.39, 0.29) is 5.82 Å². The fourth-order valence-electron chi connectivity index (χ4n) is 3.38. The molecule has 0 saturated heterocycles. The molecule has 8 heteroatoms. The second-order valence-electron chi connectivity index (χ2n) is 6.86. The maximum Gasteiger partial charge on any atom is 0.293 e. The Bertz CT molecular complexity index is 1430. The van der Waals surface area contributed by atoms with E-state index < -0.39 is 5.91 Å². The van der Waals surface area contributed by atoms with Gasteiger partial charge >= 0.3 is 0 Å². The fraction of sp³-hybridized carbons (Fsp3) is 0. The maximum atomic E-state index is 12.9. The number of benzene rings is 3. The number of nitrogens with zero attached hydrogens (tertiary/aromatic N) is 2. The third kappa shape index (κ3) is 3.76. The summed E-state index contributed by atoms with van der Waals surface area (Å²) in [6.07, 6.45) is 0. The first kappa shape index (κ1) is 19.3. The van der Waals surface area contributed by atoms with Crippen LogP contribution in [0.15, 0.2) is 72.1 Å². The Morgan fingerprint density at radius 2 is 1.61 bits per heavy atom. The molecule has 0 aliphatic heterocycles. The van der Waals surface area contributed by atoms with Crippen molar-refractivity contribution in [3.8, 4) is 0 Å². The van der Waals surface area contributed by atoms with E-state index in [4.69, 9.17) is 17.3 Å². The van der Waals surface area contributed by atoms with Gasteiger partial charge in [-0.3, -0.25) is 4.79 Å². The Labute approximate surface area is 186 Å². The van der Waals surface area contributed by atoms with Crippen molar-refractivity contribution in [3.05, 3.63) is 83.0 Å². The van der Waals surface area contributed by atoms with Gasteiger partial charge in [0, 0.05) is 32.9 Å². The summed E-state index contributed by atoms with van der Waals surface area (Å²) in [5.41, 5.74) is 9.14. The number of rotatable bonds is 4. The quantitative estimate of drug-likeness (QED) is 0.312. The number of carbonyl (C=O) groups excluding carboxylic acids is 1. The van der Waals surface area contributed by atoms with Gasteiger partial charge in [-0.05, 0) is 47.8 Å². The van der Waals surface area contributed by atoms with Gasteiger partial charge in [-0.2, -0.15) is 0 Å².